The number of hydrogen-bond acceptors (Lipinski definition) is 8. The Morgan fingerprint density at radius 3 is 2.50 bits per heavy atom. The number of ether oxygens (including phenoxy) is 2. The second-order valence-corrected chi connectivity index (χ2v) is 8.28. The normalized spacial score (nSPS) is 17.9. The molecule has 0 bridgehead atoms. The second-order valence-electron chi connectivity index (χ2n) is 7.35. The Morgan fingerprint density at radius 2 is 1.75 bits per heavy atom. The number of tetrazole rings is 1. The van der Waals surface area contributed by atoms with Crippen LogP contribution in [0, 0.1) is 0 Å². The Labute approximate surface area is 186 Å². The number of benzene rings is 1. The van der Waals surface area contributed by atoms with Gasteiger partial charge in [-0.2, -0.15) is 9.36 Å². The van der Waals surface area contributed by atoms with E-state index in [0.717, 1.165) is 4.68 Å². The van der Waals surface area contributed by atoms with Crippen molar-refractivity contribution in [3.63, 3.8) is 0 Å². The van der Waals surface area contributed by atoms with Gasteiger partial charge in [-0.3, -0.25) is 9.59 Å². The summed E-state index contributed by atoms with van der Waals surface area (Å²) in [6.07, 6.45) is -0.710. The fourth-order valence-electron chi connectivity index (χ4n) is 3.65. The van der Waals surface area contributed by atoms with Crippen molar-refractivity contribution in [3.8, 4) is 16.5 Å². The first kappa shape index (κ1) is 20.2. The Bertz CT molecular complexity index is 1180. The maximum Gasteiger partial charge on any atom is 0.369 e. The van der Waals surface area contributed by atoms with E-state index in [9.17, 15) is 14.4 Å². The standard InChI is InChI=1S/C20H20N6O5S/c27-17(12-25-20(29)26(22-21-25)18-6-3-11-32-18)23-7-9-24(10-8-23)19(28)16-13-30-14-4-1-2-5-15(14)31-16/h1-6,11,16H,7-10,12-13H2/t16-/m1/s1. The largest absolute Gasteiger partial charge is 0.485 e. The maximum absolute atomic E-state index is 12.8. The molecule has 2 aliphatic heterocycles. The van der Waals surface area contributed by atoms with Gasteiger partial charge in [-0.25, -0.2) is 4.79 Å². The zero-order chi connectivity index (χ0) is 22.1. The van der Waals surface area contributed by atoms with Crippen LogP contribution in [0.1, 0.15) is 0 Å². The van der Waals surface area contributed by atoms with Gasteiger partial charge in [0.15, 0.2) is 11.5 Å². The maximum atomic E-state index is 12.8. The first-order valence-electron chi connectivity index (χ1n) is 10.1. The van der Waals surface area contributed by atoms with E-state index in [-0.39, 0.29) is 25.0 Å². The van der Waals surface area contributed by atoms with Crippen molar-refractivity contribution in [2.45, 2.75) is 12.6 Å². The Morgan fingerprint density at radius 1 is 1.00 bits per heavy atom. The average Bonchev–Trinajstić information content (AvgIpc) is 3.48. The van der Waals surface area contributed by atoms with Crippen molar-refractivity contribution >= 4 is 23.2 Å². The summed E-state index contributed by atoms with van der Waals surface area (Å²) < 4.78 is 13.6. The molecule has 3 aromatic rings. The molecule has 0 spiro atoms. The van der Waals surface area contributed by atoms with Gasteiger partial charge in [0.1, 0.15) is 18.2 Å². The number of rotatable bonds is 4. The summed E-state index contributed by atoms with van der Waals surface area (Å²) in [4.78, 5) is 41.3. The molecule has 0 saturated carbocycles. The molecule has 0 aliphatic carbocycles. The predicted octanol–water partition coefficient (Wildman–Crippen LogP) is 0.00130. The van der Waals surface area contributed by atoms with E-state index in [0.29, 0.717) is 42.7 Å². The predicted molar refractivity (Wildman–Crippen MR) is 113 cm³/mol. The number of aromatic nitrogens is 4. The quantitative estimate of drug-likeness (QED) is 0.543. The van der Waals surface area contributed by atoms with Crippen LogP contribution in [-0.2, 0) is 16.1 Å². The zero-order valence-electron chi connectivity index (χ0n) is 17.0. The highest BCUT2D eigenvalue weighted by Gasteiger charge is 2.33. The third-order valence-corrected chi connectivity index (χ3v) is 6.21. The Kier molecular flexibility index (Phi) is 5.35. The van der Waals surface area contributed by atoms with Crippen LogP contribution in [0.15, 0.2) is 46.6 Å². The van der Waals surface area contributed by atoms with Crippen molar-refractivity contribution in [1.29, 1.82) is 0 Å². The van der Waals surface area contributed by atoms with Gasteiger partial charge in [0, 0.05) is 26.2 Å². The molecule has 1 saturated heterocycles. The van der Waals surface area contributed by atoms with E-state index in [1.54, 1.807) is 34.1 Å². The van der Waals surface area contributed by atoms with Crippen LogP contribution in [0.3, 0.4) is 0 Å². The number of amides is 2. The highest BCUT2D eigenvalue weighted by atomic mass is 32.1. The minimum atomic E-state index is -0.710. The molecular weight excluding hydrogens is 436 g/mol. The van der Waals surface area contributed by atoms with E-state index in [4.69, 9.17) is 9.47 Å². The van der Waals surface area contributed by atoms with Crippen LogP contribution in [0.5, 0.6) is 11.5 Å². The van der Waals surface area contributed by atoms with E-state index >= 15 is 0 Å². The fraction of sp³-hybridized carbons (Fsp3) is 0.350. The summed E-state index contributed by atoms with van der Waals surface area (Å²) in [5.74, 6) is 0.760. The molecule has 0 radical (unpaired) electrons. The van der Waals surface area contributed by atoms with Crippen molar-refractivity contribution in [1.82, 2.24) is 29.6 Å². The van der Waals surface area contributed by atoms with Crippen molar-refractivity contribution < 1.29 is 19.1 Å². The highest BCUT2D eigenvalue weighted by Crippen LogP contribution is 2.31. The first-order valence-corrected chi connectivity index (χ1v) is 11.0. The van der Waals surface area contributed by atoms with Crippen LogP contribution in [0.2, 0.25) is 0 Å². The summed E-state index contributed by atoms with van der Waals surface area (Å²) >= 11 is 1.36. The average molecular weight is 456 g/mol. The molecule has 32 heavy (non-hydrogen) atoms. The van der Waals surface area contributed by atoms with Gasteiger partial charge in [-0.05, 0) is 40.1 Å². The van der Waals surface area contributed by atoms with Gasteiger partial charge in [0.05, 0.1) is 0 Å². The molecule has 1 fully saturated rings. The molecule has 1 aromatic carbocycles. The molecule has 12 heteroatoms. The van der Waals surface area contributed by atoms with Gasteiger partial charge in [0.25, 0.3) is 5.91 Å². The van der Waals surface area contributed by atoms with Crippen LogP contribution < -0.4 is 15.2 Å². The molecule has 166 valence electrons. The van der Waals surface area contributed by atoms with E-state index in [1.807, 2.05) is 17.5 Å². The fourth-order valence-corrected chi connectivity index (χ4v) is 4.32. The minimum absolute atomic E-state index is 0.151. The number of nitrogens with zero attached hydrogens (tertiary/aromatic N) is 6. The molecule has 0 unspecified atom stereocenters. The topological polar surface area (TPSA) is 112 Å². The summed E-state index contributed by atoms with van der Waals surface area (Å²) in [6, 6.07) is 10.8. The number of carbonyl (C=O) groups excluding carboxylic acids is 2. The number of fused-ring (bicyclic) bond motifs is 1. The van der Waals surface area contributed by atoms with Crippen LogP contribution in [-0.4, -0.2) is 80.3 Å². The summed E-state index contributed by atoms with van der Waals surface area (Å²) in [5.41, 5.74) is -0.468. The summed E-state index contributed by atoms with van der Waals surface area (Å²) in [7, 11) is 0. The molecule has 2 aliphatic rings. The molecule has 2 aromatic heterocycles. The Hall–Kier alpha value is -3.67. The lowest BCUT2D eigenvalue weighted by atomic mass is 10.2. The van der Waals surface area contributed by atoms with Gasteiger partial charge in [0.2, 0.25) is 12.0 Å². The molecule has 2 amide bonds. The minimum Gasteiger partial charge on any atom is -0.485 e. The van der Waals surface area contributed by atoms with E-state index in [1.165, 1.54) is 16.0 Å². The van der Waals surface area contributed by atoms with Crippen LogP contribution >= 0.6 is 11.3 Å². The summed E-state index contributed by atoms with van der Waals surface area (Å²) in [5, 5.41) is 10.1. The number of para-hydroxylation sites is 2. The number of piperazine rings is 1. The molecule has 0 N–H and O–H groups in total. The lowest BCUT2D eigenvalue weighted by Crippen LogP contribution is -2.55. The molecular formula is C20H20N6O5S. The van der Waals surface area contributed by atoms with Crippen molar-refractivity contribution in [2.24, 2.45) is 0 Å². The molecule has 11 nitrogen and oxygen atoms in total. The van der Waals surface area contributed by atoms with Crippen LogP contribution in [0.4, 0.5) is 0 Å². The van der Waals surface area contributed by atoms with Crippen molar-refractivity contribution in [2.75, 3.05) is 32.8 Å². The highest BCUT2D eigenvalue weighted by molar-refractivity contribution is 7.12. The second kappa shape index (κ2) is 8.46. The van der Waals surface area contributed by atoms with E-state index in [2.05, 4.69) is 10.4 Å². The molecule has 4 heterocycles. The summed E-state index contributed by atoms with van der Waals surface area (Å²) in [6.45, 7) is 1.43. The number of thiophene rings is 1. The lowest BCUT2D eigenvalue weighted by molar-refractivity contribution is -0.146. The van der Waals surface area contributed by atoms with Crippen LogP contribution in [0.25, 0.3) is 5.00 Å². The zero-order valence-corrected chi connectivity index (χ0v) is 17.8. The van der Waals surface area contributed by atoms with Gasteiger partial charge >= 0.3 is 5.69 Å². The third-order valence-electron chi connectivity index (χ3n) is 5.37. The van der Waals surface area contributed by atoms with Gasteiger partial charge in [-0.15, -0.1) is 11.3 Å². The SMILES string of the molecule is O=C(Cn1nnn(-c2cccs2)c1=O)N1CCN(C(=O)[C@H]2COc3ccccc3O2)CC1. The Balaban J connectivity index is 1.16. The van der Waals surface area contributed by atoms with Gasteiger partial charge in [-0.1, -0.05) is 12.1 Å². The van der Waals surface area contributed by atoms with Gasteiger partial charge < -0.3 is 19.3 Å². The van der Waals surface area contributed by atoms with E-state index < -0.39 is 11.8 Å². The lowest BCUT2D eigenvalue weighted by Gasteiger charge is -2.37. The first-order chi connectivity index (χ1) is 15.6. The number of carbonyl (C=O) groups is 2. The van der Waals surface area contributed by atoms with Crippen molar-refractivity contribution in [3.05, 3.63) is 52.3 Å². The molecule has 5 rings (SSSR count). The molecule has 1 atom stereocenters. The smallest absolute Gasteiger partial charge is 0.369 e. The number of hydrogen-bond donors (Lipinski definition) is 0. The third kappa shape index (κ3) is 3.84. The monoisotopic (exact) mass is 456 g/mol.